The predicted molar refractivity (Wildman–Crippen MR) is 102 cm³/mol. The fraction of sp³-hybridized carbons (Fsp3) is 0.455. The van der Waals surface area contributed by atoms with Gasteiger partial charge in [-0.2, -0.15) is 0 Å². The van der Waals surface area contributed by atoms with Gasteiger partial charge in [0.15, 0.2) is 23.5 Å². The number of allylic oxidation sites excluding steroid dienone is 1. The van der Waals surface area contributed by atoms with Crippen LogP contribution in [0.5, 0.6) is 5.75 Å². The largest absolute Gasteiger partial charge is 0.507 e. The van der Waals surface area contributed by atoms with E-state index in [4.69, 9.17) is 14.2 Å². The highest BCUT2D eigenvalue weighted by Crippen LogP contribution is 2.49. The second kappa shape index (κ2) is 6.81. The average molecular weight is 428 g/mol. The minimum absolute atomic E-state index is 0.00119. The lowest BCUT2D eigenvalue weighted by Gasteiger charge is -2.35. The van der Waals surface area contributed by atoms with Crippen LogP contribution in [0.1, 0.15) is 70.7 Å². The third-order valence-corrected chi connectivity index (χ3v) is 6.35. The van der Waals surface area contributed by atoms with Crippen LogP contribution in [0.25, 0.3) is 0 Å². The number of fused-ring (bicyclic) bond motifs is 4. The lowest BCUT2D eigenvalue weighted by atomic mass is 9.79. The highest BCUT2D eigenvalue weighted by atomic mass is 16.6. The number of ether oxygens (including phenoxy) is 3. The molecular formula is C22H20O9. The van der Waals surface area contributed by atoms with Gasteiger partial charge < -0.3 is 24.4 Å². The Morgan fingerprint density at radius 2 is 1.81 bits per heavy atom. The van der Waals surface area contributed by atoms with Gasteiger partial charge >= 0.3 is 5.97 Å². The fourth-order valence-corrected chi connectivity index (χ4v) is 4.87. The van der Waals surface area contributed by atoms with Gasteiger partial charge in [-0.05, 0) is 26.0 Å². The summed E-state index contributed by atoms with van der Waals surface area (Å²) in [5.74, 6) is -2.47. The highest BCUT2D eigenvalue weighted by molar-refractivity contribution is 6.26. The molecular weight excluding hydrogens is 408 g/mol. The van der Waals surface area contributed by atoms with Crippen LogP contribution in [0, 0.1) is 0 Å². The molecule has 9 heteroatoms. The number of rotatable bonds is 1. The zero-order valence-corrected chi connectivity index (χ0v) is 16.8. The van der Waals surface area contributed by atoms with E-state index in [-0.39, 0.29) is 29.5 Å². The van der Waals surface area contributed by atoms with Gasteiger partial charge in [-0.15, -0.1) is 0 Å². The first kappa shape index (κ1) is 20.0. The summed E-state index contributed by atoms with van der Waals surface area (Å²) >= 11 is 0. The van der Waals surface area contributed by atoms with Crippen molar-refractivity contribution in [1.82, 2.24) is 0 Å². The number of hydrogen-bond donors (Lipinski definition) is 2. The molecule has 0 radical (unpaired) electrons. The molecule has 2 fully saturated rings. The number of benzene rings is 1. The van der Waals surface area contributed by atoms with E-state index < -0.39 is 65.7 Å². The van der Waals surface area contributed by atoms with Crippen molar-refractivity contribution in [2.24, 2.45) is 0 Å². The molecule has 0 amide bonds. The van der Waals surface area contributed by atoms with E-state index in [1.807, 2.05) is 0 Å². The molecule has 162 valence electrons. The van der Waals surface area contributed by atoms with Crippen LogP contribution in [0.2, 0.25) is 0 Å². The molecule has 6 unspecified atom stereocenters. The van der Waals surface area contributed by atoms with E-state index >= 15 is 0 Å². The molecule has 0 spiro atoms. The topological polar surface area (TPSA) is 136 Å². The van der Waals surface area contributed by atoms with Crippen LogP contribution < -0.4 is 0 Å². The Kier molecular flexibility index (Phi) is 4.40. The van der Waals surface area contributed by atoms with Crippen molar-refractivity contribution in [3.05, 3.63) is 40.0 Å². The molecule has 1 aromatic rings. The number of carbonyl (C=O) groups excluding carboxylic acids is 4. The van der Waals surface area contributed by atoms with Gasteiger partial charge in [0.1, 0.15) is 24.1 Å². The molecule has 31 heavy (non-hydrogen) atoms. The van der Waals surface area contributed by atoms with Gasteiger partial charge in [0, 0.05) is 28.7 Å². The molecule has 9 nitrogen and oxygen atoms in total. The summed E-state index contributed by atoms with van der Waals surface area (Å²) < 4.78 is 16.7. The average Bonchev–Trinajstić information content (AvgIpc) is 3.08. The Morgan fingerprint density at radius 1 is 1.06 bits per heavy atom. The second-order valence-electron chi connectivity index (χ2n) is 8.30. The van der Waals surface area contributed by atoms with Crippen LogP contribution in [0.4, 0.5) is 0 Å². The van der Waals surface area contributed by atoms with Gasteiger partial charge in [0.25, 0.3) is 0 Å². The molecule has 2 saturated heterocycles. The van der Waals surface area contributed by atoms with Gasteiger partial charge in [0.05, 0.1) is 24.2 Å². The number of esters is 1. The van der Waals surface area contributed by atoms with E-state index in [1.165, 1.54) is 13.0 Å². The molecule has 6 atom stereocenters. The summed E-state index contributed by atoms with van der Waals surface area (Å²) in [4.78, 5) is 49.8. The molecule has 1 aromatic carbocycles. The minimum Gasteiger partial charge on any atom is -0.507 e. The quantitative estimate of drug-likeness (QED) is 0.633. The zero-order chi connectivity index (χ0) is 22.2. The number of aromatic hydroxyl groups is 1. The third kappa shape index (κ3) is 2.88. The third-order valence-electron chi connectivity index (χ3n) is 6.35. The first-order valence-electron chi connectivity index (χ1n) is 10.1. The normalized spacial score (nSPS) is 34.6. The Balaban J connectivity index is 1.59. The van der Waals surface area contributed by atoms with Crippen molar-refractivity contribution in [2.75, 3.05) is 0 Å². The number of aliphatic hydroxyl groups excluding tert-OH is 1. The molecule has 3 aliphatic heterocycles. The lowest BCUT2D eigenvalue weighted by Crippen LogP contribution is -2.45. The fourth-order valence-electron chi connectivity index (χ4n) is 4.87. The number of Topliss-reactive ketones (excluding diaryl/α,β-unsaturated/α-hetero) is 2. The van der Waals surface area contributed by atoms with Crippen molar-refractivity contribution in [3.8, 4) is 5.75 Å². The maximum Gasteiger partial charge on any atom is 0.309 e. The van der Waals surface area contributed by atoms with E-state index in [2.05, 4.69) is 0 Å². The van der Waals surface area contributed by atoms with Crippen LogP contribution in [0.3, 0.4) is 0 Å². The number of hydrogen-bond acceptors (Lipinski definition) is 9. The number of carbonyl (C=O) groups is 4. The summed E-state index contributed by atoms with van der Waals surface area (Å²) in [5.41, 5.74) is 0.543. The number of phenols is 1. The molecule has 0 aromatic heterocycles. The Bertz CT molecular complexity index is 1070. The lowest BCUT2D eigenvalue weighted by molar-refractivity contribution is -0.151. The van der Waals surface area contributed by atoms with Gasteiger partial charge in [0.2, 0.25) is 0 Å². The standard InChI is InChI=1S/C22H20O9/c1-7-17-11(22-15(29-7)6-16(25)31-22)3-9-12(23)4-10(20(27)18(9)21(17)28)14-5-13(24)19(26)8(2)30-14/h3-4,7-8,13-15,22,24,28H,5-6H2,1-2H3. The first-order chi connectivity index (χ1) is 14.7. The molecule has 1 aliphatic carbocycles. The Morgan fingerprint density at radius 3 is 2.52 bits per heavy atom. The highest BCUT2D eigenvalue weighted by Gasteiger charge is 2.47. The SMILES string of the molecule is CC1OC(C2=CC(=O)c3cc4c(c(O)c3C2=O)C(C)OC2CC(=O)OC42)CC(O)C1=O. The van der Waals surface area contributed by atoms with Crippen molar-refractivity contribution in [3.63, 3.8) is 0 Å². The monoisotopic (exact) mass is 428 g/mol. The number of ketones is 3. The van der Waals surface area contributed by atoms with Crippen LogP contribution >= 0.6 is 0 Å². The van der Waals surface area contributed by atoms with Crippen LogP contribution in [-0.2, 0) is 23.8 Å². The molecule has 5 rings (SSSR count). The zero-order valence-electron chi connectivity index (χ0n) is 16.8. The van der Waals surface area contributed by atoms with Crippen molar-refractivity contribution >= 4 is 23.3 Å². The summed E-state index contributed by atoms with van der Waals surface area (Å²) in [6.07, 6.45) is -4.07. The summed E-state index contributed by atoms with van der Waals surface area (Å²) in [5, 5.41) is 21.0. The maximum atomic E-state index is 13.3. The van der Waals surface area contributed by atoms with E-state index in [9.17, 15) is 29.4 Å². The van der Waals surface area contributed by atoms with Crippen molar-refractivity contribution in [1.29, 1.82) is 0 Å². The van der Waals surface area contributed by atoms with Crippen molar-refractivity contribution < 1.29 is 43.6 Å². The Hall–Kier alpha value is -2.88. The van der Waals surface area contributed by atoms with E-state index in [0.717, 1.165) is 6.08 Å². The molecule has 3 heterocycles. The minimum atomic E-state index is -1.31. The summed E-state index contributed by atoms with van der Waals surface area (Å²) in [6, 6.07) is 1.48. The molecule has 2 N–H and O–H groups in total. The van der Waals surface area contributed by atoms with Gasteiger partial charge in [-0.25, -0.2) is 0 Å². The second-order valence-corrected chi connectivity index (χ2v) is 8.30. The molecule has 0 bridgehead atoms. The van der Waals surface area contributed by atoms with Crippen LogP contribution in [0.15, 0.2) is 17.7 Å². The molecule has 0 saturated carbocycles. The van der Waals surface area contributed by atoms with Gasteiger partial charge in [-0.3, -0.25) is 19.2 Å². The maximum absolute atomic E-state index is 13.3. The Labute approximate surface area is 176 Å². The molecule has 4 aliphatic rings. The summed E-state index contributed by atoms with van der Waals surface area (Å²) in [6.45, 7) is 3.15. The predicted octanol–water partition coefficient (Wildman–Crippen LogP) is 1.25. The number of aliphatic hydroxyl groups is 1. The van der Waals surface area contributed by atoms with Crippen molar-refractivity contribution in [2.45, 2.75) is 63.3 Å². The van der Waals surface area contributed by atoms with E-state index in [1.54, 1.807) is 6.92 Å². The number of phenolic OH excluding ortho intramolecular Hbond substituents is 1. The summed E-state index contributed by atoms with van der Waals surface area (Å²) in [7, 11) is 0. The smallest absolute Gasteiger partial charge is 0.309 e. The first-order valence-corrected chi connectivity index (χ1v) is 10.1. The van der Waals surface area contributed by atoms with Crippen LogP contribution in [-0.4, -0.2) is 57.9 Å². The van der Waals surface area contributed by atoms with E-state index in [0.29, 0.717) is 11.1 Å². The van der Waals surface area contributed by atoms with Gasteiger partial charge in [-0.1, -0.05) is 0 Å².